The summed E-state index contributed by atoms with van der Waals surface area (Å²) in [4.78, 5) is 13.6. The number of thiol groups is 1. The number of hydrogen-bond acceptors (Lipinski definition) is 2. The van der Waals surface area contributed by atoms with E-state index < -0.39 is 0 Å². The van der Waals surface area contributed by atoms with E-state index in [1.165, 1.54) is 0 Å². The molecule has 1 aliphatic heterocycles. The zero-order valence-electron chi connectivity index (χ0n) is 8.53. The van der Waals surface area contributed by atoms with Crippen molar-refractivity contribution >= 4 is 25.3 Å². The summed E-state index contributed by atoms with van der Waals surface area (Å²) in [5.41, 5.74) is 0. The number of carbonyl (C=O) groups excluding carboxylic acids is 1. The summed E-state index contributed by atoms with van der Waals surface area (Å²) in [6.07, 6.45) is 2.63. The van der Waals surface area contributed by atoms with Gasteiger partial charge in [0, 0.05) is 18.7 Å². The molecule has 0 saturated carbocycles. The summed E-state index contributed by atoms with van der Waals surface area (Å²) in [6, 6.07) is 0.441. The summed E-state index contributed by atoms with van der Waals surface area (Å²) in [7, 11) is -0.215. The SMILES string of the molecule is CCC(=O)N1CP(S)CC1C(C)C. The van der Waals surface area contributed by atoms with Crippen LogP contribution in [0.15, 0.2) is 0 Å². The Morgan fingerprint density at radius 1 is 1.69 bits per heavy atom. The lowest BCUT2D eigenvalue weighted by Gasteiger charge is -2.26. The second-order valence-electron chi connectivity index (χ2n) is 3.86. The normalized spacial score (nSPS) is 28.5. The van der Waals surface area contributed by atoms with Crippen molar-refractivity contribution in [1.29, 1.82) is 0 Å². The van der Waals surface area contributed by atoms with Crippen molar-refractivity contribution in [2.24, 2.45) is 5.92 Å². The Morgan fingerprint density at radius 2 is 2.31 bits per heavy atom. The smallest absolute Gasteiger partial charge is 0.222 e. The molecule has 1 rings (SSSR count). The Bertz CT molecular complexity index is 198. The largest absolute Gasteiger partial charge is 0.334 e. The Hall–Kier alpha value is 0.250. The van der Waals surface area contributed by atoms with Gasteiger partial charge in [-0.3, -0.25) is 4.79 Å². The molecule has 2 atom stereocenters. The third-order valence-corrected chi connectivity index (χ3v) is 4.80. The first kappa shape index (κ1) is 11.3. The van der Waals surface area contributed by atoms with Gasteiger partial charge in [0.05, 0.1) is 0 Å². The van der Waals surface area contributed by atoms with Gasteiger partial charge in [0.1, 0.15) is 0 Å². The molecule has 1 aliphatic rings. The van der Waals surface area contributed by atoms with Crippen LogP contribution in [0.1, 0.15) is 27.2 Å². The van der Waals surface area contributed by atoms with Gasteiger partial charge < -0.3 is 4.90 Å². The highest BCUT2D eigenvalue weighted by Crippen LogP contribution is 2.49. The molecular formula is C9H18NOPS. The summed E-state index contributed by atoms with van der Waals surface area (Å²) in [6.45, 7) is 6.30. The highest BCUT2D eigenvalue weighted by atomic mass is 32.7. The van der Waals surface area contributed by atoms with Crippen LogP contribution in [0.3, 0.4) is 0 Å². The monoisotopic (exact) mass is 219 g/mol. The highest BCUT2D eigenvalue weighted by molar-refractivity contribution is 8.45. The van der Waals surface area contributed by atoms with E-state index in [1.807, 2.05) is 11.8 Å². The van der Waals surface area contributed by atoms with E-state index >= 15 is 0 Å². The first-order chi connectivity index (χ1) is 6.06. The van der Waals surface area contributed by atoms with Crippen molar-refractivity contribution in [3.8, 4) is 0 Å². The zero-order chi connectivity index (χ0) is 10.0. The molecule has 0 aliphatic carbocycles. The van der Waals surface area contributed by atoms with Crippen molar-refractivity contribution in [2.75, 3.05) is 12.4 Å². The molecule has 76 valence electrons. The maximum atomic E-state index is 11.6. The van der Waals surface area contributed by atoms with Crippen LogP contribution in [0.2, 0.25) is 0 Å². The van der Waals surface area contributed by atoms with Crippen LogP contribution in [0.5, 0.6) is 0 Å². The van der Waals surface area contributed by atoms with Crippen LogP contribution >= 0.6 is 19.4 Å². The highest BCUT2D eigenvalue weighted by Gasteiger charge is 2.34. The molecule has 1 amide bonds. The molecule has 1 fully saturated rings. The van der Waals surface area contributed by atoms with Crippen molar-refractivity contribution in [3.05, 3.63) is 0 Å². The number of amides is 1. The molecule has 0 N–H and O–H groups in total. The molecule has 0 spiro atoms. The Labute approximate surface area is 87.0 Å². The van der Waals surface area contributed by atoms with Crippen molar-refractivity contribution in [3.63, 3.8) is 0 Å². The van der Waals surface area contributed by atoms with Crippen LogP contribution in [0.25, 0.3) is 0 Å². The van der Waals surface area contributed by atoms with Crippen molar-refractivity contribution < 1.29 is 4.79 Å². The molecule has 1 saturated heterocycles. The number of carbonyl (C=O) groups is 1. The number of hydrogen-bond donors (Lipinski definition) is 1. The van der Waals surface area contributed by atoms with Gasteiger partial charge in [0.25, 0.3) is 0 Å². The van der Waals surface area contributed by atoms with Gasteiger partial charge in [-0.15, -0.1) is 12.2 Å². The van der Waals surface area contributed by atoms with E-state index in [2.05, 4.69) is 26.1 Å². The minimum absolute atomic E-state index is 0.215. The Kier molecular flexibility index (Phi) is 4.06. The molecule has 0 aromatic carbocycles. The number of nitrogens with zero attached hydrogens (tertiary/aromatic N) is 1. The molecule has 2 unspecified atom stereocenters. The molecule has 1 heterocycles. The Balaban J connectivity index is 2.66. The van der Waals surface area contributed by atoms with Gasteiger partial charge in [0.15, 0.2) is 0 Å². The van der Waals surface area contributed by atoms with E-state index in [4.69, 9.17) is 0 Å². The molecule has 0 aromatic rings. The molecule has 0 aromatic heterocycles. The lowest BCUT2D eigenvalue weighted by atomic mass is 10.1. The van der Waals surface area contributed by atoms with Gasteiger partial charge in [-0.25, -0.2) is 0 Å². The van der Waals surface area contributed by atoms with E-state index in [1.54, 1.807) is 0 Å². The van der Waals surface area contributed by atoms with Gasteiger partial charge in [-0.2, -0.15) is 0 Å². The summed E-state index contributed by atoms with van der Waals surface area (Å²) < 4.78 is 0. The lowest BCUT2D eigenvalue weighted by molar-refractivity contribution is -0.131. The fraction of sp³-hybridized carbons (Fsp3) is 0.889. The molecular weight excluding hydrogens is 201 g/mol. The van der Waals surface area contributed by atoms with E-state index in [0.29, 0.717) is 18.4 Å². The van der Waals surface area contributed by atoms with E-state index in [9.17, 15) is 4.79 Å². The standard InChI is InChI=1S/C9H18NOPS/c1-4-9(11)10-6-12(13)5-8(10)7(2)3/h7-8,13H,4-6H2,1-3H3. The maximum absolute atomic E-state index is 11.6. The first-order valence-corrected chi connectivity index (χ1v) is 7.66. The molecule has 4 heteroatoms. The van der Waals surface area contributed by atoms with Gasteiger partial charge in [-0.1, -0.05) is 20.8 Å². The minimum atomic E-state index is -0.215. The maximum Gasteiger partial charge on any atom is 0.222 e. The molecule has 0 radical (unpaired) electrons. The van der Waals surface area contributed by atoms with Crippen LogP contribution < -0.4 is 0 Å². The second kappa shape index (κ2) is 4.65. The van der Waals surface area contributed by atoms with Crippen LogP contribution in [0, 0.1) is 5.92 Å². The van der Waals surface area contributed by atoms with Crippen LogP contribution in [-0.4, -0.2) is 29.3 Å². The minimum Gasteiger partial charge on any atom is -0.334 e. The Morgan fingerprint density at radius 3 is 2.77 bits per heavy atom. The topological polar surface area (TPSA) is 20.3 Å². The fourth-order valence-electron chi connectivity index (χ4n) is 1.69. The molecule has 2 nitrogen and oxygen atoms in total. The van der Waals surface area contributed by atoms with Crippen molar-refractivity contribution in [1.82, 2.24) is 4.90 Å². The predicted octanol–water partition coefficient (Wildman–Crippen LogP) is 2.55. The third-order valence-electron chi connectivity index (χ3n) is 2.51. The van der Waals surface area contributed by atoms with Crippen molar-refractivity contribution in [2.45, 2.75) is 33.2 Å². The average molecular weight is 219 g/mol. The zero-order valence-corrected chi connectivity index (χ0v) is 10.3. The van der Waals surface area contributed by atoms with Gasteiger partial charge in [-0.05, 0) is 19.2 Å². The second-order valence-corrected chi connectivity index (χ2v) is 7.22. The third kappa shape index (κ3) is 2.60. The predicted molar refractivity (Wildman–Crippen MR) is 61.4 cm³/mol. The van der Waals surface area contributed by atoms with Gasteiger partial charge in [0.2, 0.25) is 5.91 Å². The summed E-state index contributed by atoms with van der Waals surface area (Å²) in [5, 5.41) is 0. The lowest BCUT2D eigenvalue weighted by Crippen LogP contribution is -2.39. The van der Waals surface area contributed by atoms with E-state index in [-0.39, 0.29) is 13.0 Å². The van der Waals surface area contributed by atoms with E-state index in [0.717, 1.165) is 12.4 Å². The van der Waals surface area contributed by atoms with Crippen LogP contribution in [0.4, 0.5) is 0 Å². The molecule has 0 bridgehead atoms. The quantitative estimate of drug-likeness (QED) is 0.559. The van der Waals surface area contributed by atoms with Gasteiger partial charge >= 0.3 is 0 Å². The number of rotatable bonds is 2. The first-order valence-electron chi connectivity index (χ1n) is 4.79. The van der Waals surface area contributed by atoms with Crippen LogP contribution in [-0.2, 0) is 4.79 Å². The summed E-state index contributed by atoms with van der Waals surface area (Å²) in [5.74, 6) is 0.855. The molecule has 13 heavy (non-hydrogen) atoms. The summed E-state index contributed by atoms with van der Waals surface area (Å²) >= 11 is 4.51. The average Bonchev–Trinajstić information content (AvgIpc) is 2.46. The fourth-order valence-corrected chi connectivity index (χ4v) is 4.49.